The largest absolute Gasteiger partial charge is 0.377 e. The molecular weight excluding hydrogens is 362 g/mol. The lowest BCUT2D eigenvalue weighted by molar-refractivity contribution is -0.134. The van der Waals surface area contributed by atoms with Gasteiger partial charge in [0.15, 0.2) is 0 Å². The van der Waals surface area contributed by atoms with Crippen molar-refractivity contribution in [3.8, 4) is 0 Å². The van der Waals surface area contributed by atoms with Crippen molar-refractivity contribution in [2.75, 3.05) is 30.9 Å². The molecule has 29 heavy (non-hydrogen) atoms. The van der Waals surface area contributed by atoms with Crippen molar-refractivity contribution in [2.24, 2.45) is 17.3 Å². The fourth-order valence-corrected chi connectivity index (χ4v) is 3.78. The molecule has 1 aromatic rings. The summed E-state index contributed by atoms with van der Waals surface area (Å²) in [6, 6.07) is 6.07. The number of carbonyl (C=O) groups is 2. The highest BCUT2D eigenvalue weighted by molar-refractivity contribution is 5.93. The predicted octanol–water partition coefficient (Wildman–Crippen LogP) is 4.67. The molecule has 0 atom stereocenters. The lowest BCUT2D eigenvalue weighted by atomic mass is 9.85. The Labute approximate surface area is 175 Å². The van der Waals surface area contributed by atoms with Gasteiger partial charge in [-0.15, -0.1) is 0 Å². The van der Waals surface area contributed by atoms with Gasteiger partial charge in [-0.2, -0.15) is 0 Å². The minimum Gasteiger partial charge on any atom is -0.377 e. The highest BCUT2D eigenvalue weighted by Gasteiger charge is 2.29. The maximum atomic E-state index is 13.0. The van der Waals surface area contributed by atoms with E-state index in [9.17, 15) is 9.59 Å². The molecule has 2 amide bonds. The van der Waals surface area contributed by atoms with Crippen LogP contribution in [0.1, 0.15) is 64.9 Å². The summed E-state index contributed by atoms with van der Waals surface area (Å²) in [6.07, 6.45) is 6.12. The molecule has 3 rings (SSSR count). The number of anilines is 2. The number of rotatable bonds is 8. The normalized spacial score (nSPS) is 16.9. The zero-order valence-corrected chi connectivity index (χ0v) is 18.8. The molecule has 160 valence electrons. The minimum atomic E-state index is -0.0259. The number of hydrogen-bond acceptors (Lipinski definition) is 3. The molecule has 0 aliphatic heterocycles. The van der Waals surface area contributed by atoms with E-state index in [0.29, 0.717) is 18.9 Å². The maximum absolute atomic E-state index is 13.0. The lowest BCUT2D eigenvalue weighted by Gasteiger charge is -2.29. The monoisotopic (exact) mass is 399 g/mol. The highest BCUT2D eigenvalue weighted by atomic mass is 16.2. The van der Waals surface area contributed by atoms with Gasteiger partial charge in [-0.3, -0.25) is 9.59 Å². The number of nitrogens with zero attached hydrogens (tertiary/aromatic N) is 2. The summed E-state index contributed by atoms with van der Waals surface area (Å²) in [4.78, 5) is 29.5. The third-order valence-electron chi connectivity index (χ3n) is 5.88. The quantitative estimate of drug-likeness (QED) is 0.691. The molecule has 1 aromatic carbocycles. The average Bonchev–Trinajstić information content (AvgIpc) is 3.34. The van der Waals surface area contributed by atoms with E-state index >= 15 is 0 Å². The Balaban J connectivity index is 1.79. The Morgan fingerprint density at radius 1 is 1.10 bits per heavy atom. The van der Waals surface area contributed by atoms with Crippen LogP contribution in [0.2, 0.25) is 0 Å². The van der Waals surface area contributed by atoms with E-state index < -0.39 is 0 Å². The van der Waals surface area contributed by atoms with E-state index in [2.05, 4.69) is 43.1 Å². The third-order valence-corrected chi connectivity index (χ3v) is 5.88. The molecule has 0 heterocycles. The van der Waals surface area contributed by atoms with Crippen molar-refractivity contribution in [3.63, 3.8) is 0 Å². The fraction of sp³-hybridized carbons (Fsp3) is 0.667. The van der Waals surface area contributed by atoms with Gasteiger partial charge in [-0.1, -0.05) is 27.2 Å². The van der Waals surface area contributed by atoms with Crippen LogP contribution >= 0.6 is 0 Å². The summed E-state index contributed by atoms with van der Waals surface area (Å²) >= 11 is 0. The Bertz CT molecular complexity index is 743. The first-order chi connectivity index (χ1) is 13.6. The second-order valence-corrected chi connectivity index (χ2v) is 10.3. The molecule has 5 heteroatoms. The van der Waals surface area contributed by atoms with Crippen LogP contribution in [-0.2, 0) is 16.1 Å². The van der Waals surface area contributed by atoms with Crippen LogP contribution in [0, 0.1) is 17.3 Å². The van der Waals surface area contributed by atoms with Crippen molar-refractivity contribution in [1.29, 1.82) is 0 Å². The van der Waals surface area contributed by atoms with Crippen LogP contribution < -0.4 is 10.2 Å². The molecule has 0 radical (unpaired) electrons. The summed E-state index contributed by atoms with van der Waals surface area (Å²) in [5.74, 6) is 1.14. The van der Waals surface area contributed by atoms with Crippen molar-refractivity contribution in [3.05, 3.63) is 23.8 Å². The van der Waals surface area contributed by atoms with E-state index in [1.54, 1.807) is 0 Å². The smallest absolute Gasteiger partial charge is 0.227 e. The molecule has 0 aromatic heterocycles. The van der Waals surface area contributed by atoms with Crippen molar-refractivity contribution in [2.45, 2.75) is 65.8 Å². The average molecular weight is 400 g/mol. The molecule has 2 saturated carbocycles. The summed E-state index contributed by atoms with van der Waals surface area (Å²) in [6.45, 7) is 7.76. The Morgan fingerprint density at radius 2 is 1.79 bits per heavy atom. The summed E-state index contributed by atoms with van der Waals surface area (Å²) < 4.78 is 0. The zero-order valence-electron chi connectivity index (χ0n) is 18.8. The second kappa shape index (κ2) is 8.76. The Kier molecular flexibility index (Phi) is 6.55. The number of nitrogens with one attached hydrogen (secondary N) is 1. The first kappa shape index (κ1) is 21.7. The fourth-order valence-electron chi connectivity index (χ4n) is 3.78. The van der Waals surface area contributed by atoms with Crippen molar-refractivity contribution >= 4 is 23.2 Å². The van der Waals surface area contributed by atoms with E-state index in [-0.39, 0.29) is 23.1 Å². The molecule has 2 aliphatic carbocycles. The van der Waals surface area contributed by atoms with E-state index in [4.69, 9.17) is 0 Å². The summed E-state index contributed by atoms with van der Waals surface area (Å²) in [5, 5.41) is 3.08. The van der Waals surface area contributed by atoms with Gasteiger partial charge in [0.05, 0.1) is 0 Å². The van der Waals surface area contributed by atoms with E-state index in [1.807, 2.05) is 25.1 Å². The van der Waals surface area contributed by atoms with Gasteiger partial charge in [-0.05, 0) is 60.8 Å². The van der Waals surface area contributed by atoms with Crippen molar-refractivity contribution < 1.29 is 9.59 Å². The molecule has 0 unspecified atom stereocenters. The van der Waals surface area contributed by atoms with Crippen LogP contribution in [0.25, 0.3) is 0 Å². The Hall–Kier alpha value is -2.04. The molecule has 0 saturated heterocycles. The van der Waals surface area contributed by atoms with E-state index in [1.165, 1.54) is 12.8 Å². The summed E-state index contributed by atoms with van der Waals surface area (Å²) in [7, 11) is 4.04. The third kappa shape index (κ3) is 6.22. The number of amides is 2. The highest BCUT2D eigenvalue weighted by Crippen LogP contribution is 2.33. The van der Waals surface area contributed by atoms with Crippen LogP contribution in [-0.4, -0.2) is 37.4 Å². The maximum Gasteiger partial charge on any atom is 0.227 e. The molecule has 2 aliphatic rings. The minimum absolute atomic E-state index is 0.0259. The molecule has 0 bridgehead atoms. The number of benzene rings is 1. The number of carbonyl (C=O) groups excluding carboxylic acids is 2. The van der Waals surface area contributed by atoms with Gasteiger partial charge in [0, 0.05) is 50.9 Å². The summed E-state index contributed by atoms with van der Waals surface area (Å²) in [5.41, 5.74) is 2.99. The van der Waals surface area contributed by atoms with Crippen LogP contribution in [0.4, 0.5) is 11.4 Å². The van der Waals surface area contributed by atoms with Gasteiger partial charge in [0.2, 0.25) is 11.8 Å². The first-order valence-corrected chi connectivity index (χ1v) is 11.0. The van der Waals surface area contributed by atoms with Crippen LogP contribution in [0.15, 0.2) is 18.2 Å². The first-order valence-electron chi connectivity index (χ1n) is 11.0. The van der Waals surface area contributed by atoms with Gasteiger partial charge < -0.3 is 15.1 Å². The molecule has 1 N–H and O–H groups in total. The van der Waals surface area contributed by atoms with Crippen molar-refractivity contribution in [1.82, 2.24) is 4.90 Å². The molecule has 2 fully saturated rings. The van der Waals surface area contributed by atoms with Gasteiger partial charge in [-0.25, -0.2) is 0 Å². The zero-order chi connectivity index (χ0) is 21.2. The molecule has 0 spiro atoms. The van der Waals surface area contributed by atoms with Crippen LogP contribution in [0.5, 0.6) is 0 Å². The topological polar surface area (TPSA) is 52.7 Å². The van der Waals surface area contributed by atoms with Gasteiger partial charge >= 0.3 is 0 Å². The molecule has 5 nitrogen and oxygen atoms in total. The van der Waals surface area contributed by atoms with Gasteiger partial charge in [0.1, 0.15) is 0 Å². The molecular formula is C24H37N3O2. The lowest BCUT2D eigenvalue weighted by Crippen LogP contribution is -2.35. The number of hydrogen-bond donors (Lipinski definition) is 1. The SMILES string of the molecule is CN(C)c1ccc(NC(=O)C2CCC2)cc1CN(CC1CC1)C(=O)CC(C)(C)C. The predicted molar refractivity (Wildman–Crippen MR) is 119 cm³/mol. The standard InChI is InChI=1S/C24H37N3O2/c1-24(2,3)14-22(28)27(15-17-9-10-17)16-19-13-20(11-12-21(19)26(4)5)25-23(29)18-7-6-8-18/h11-13,17-18H,6-10,14-16H2,1-5H3,(H,25,29). The van der Waals surface area contributed by atoms with E-state index in [0.717, 1.165) is 42.7 Å². The second-order valence-electron chi connectivity index (χ2n) is 10.3. The van der Waals surface area contributed by atoms with Gasteiger partial charge in [0.25, 0.3) is 0 Å². The Morgan fingerprint density at radius 3 is 2.31 bits per heavy atom. The van der Waals surface area contributed by atoms with Crippen LogP contribution in [0.3, 0.4) is 0 Å².